The smallest absolute Gasteiger partial charge is 0.196 e. The molecule has 64 valence electrons. The molecule has 0 bridgehead atoms. The Morgan fingerprint density at radius 3 is 3.17 bits per heavy atom. The van der Waals surface area contributed by atoms with E-state index in [0.717, 1.165) is 5.57 Å². The van der Waals surface area contributed by atoms with Gasteiger partial charge in [-0.2, -0.15) is 5.10 Å². The van der Waals surface area contributed by atoms with Crippen LogP contribution in [-0.4, -0.2) is 17.8 Å². The highest BCUT2D eigenvalue weighted by atomic mass is 35.5. The van der Waals surface area contributed by atoms with Crippen LogP contribution in [0, 0.1) is 0 Å². The van der Waals surface area contributed by atoms with Gasteiger partial charge in [0, 0.05) is 0 Å². The summed E-state index contributed by atoms with van der Waals surface area (Å²) in [6.45, 7) is 1.85. The predicted octanol–water partition coefficient (Wildman–Crippen LogP) is -0.340. The van der Waals surface area contributed by atoms with Gasteiger partial charge in [0.15, 0.2) is 11.6 Å². The van der Waals surface area contributed by atoms with Gasteiger partial charge in [0.2, 0.25) is 0 Å². The molecule has 4 N–H and O–H groups in total. The van der Waals surface area contributed by atoms with Crippen LogP contribution < -0.4 is 16.5 Å². The molecule has 0 aromatic heterocycles. The molecular formula is C6H8ClN5. The van der Waals surface area contributed by atoms with Gasteiger partial charge in [0.05, 0.1) is 11.8 Å². The number of nitrogens with zero attached hydrogens (tertiary/aromatic N) is 2. The SMILES string of the molecule is CC12N=C(N)NC(Cl)=C1C=NN2. The van der Waals surface area contributed by atoms with E-state index in [4.69, 9.17) is 17.3 Å². The number of guanidine groups is 1. The van der Waals surface area contributed by atoms with Gasteiger partial charge in [-0.3, -0.25) is 5.43 Å². The maximum atomic E-state index is 5.88. The van der Waals surface area contributed by atoms with Gasteiger partial charge < -0.3 is 11.1 Å². The second-order valence-electron chi connectivity index (χ2n) is 2.79. The third-order valence-electron chi connectivity index (χ3n) is 1.82. The van der Waals surface area contributed by atoms with Gasteiger partial charge >= 0.3 is 0 Å². The normalized spacial score (nSPS) is 32.3. The Morgan fingerprint density at radius 2 is 2.42 bits per heavy atom. The summed E-state index contributed by atoms with van der Waals surface area (Å²) in [5.41, 5.74) is 8.52. The Morgan fingerprint density at radius 1 is 1.67 bits per heavy atom. The van der Waals surface area contributed by atoms with Gasteiger partial charge in [-0.05, 0) is 6.92 Å². The van der Waals surface area contributed by atoms with Crippen molar-refractivity contribution < 1.29 is 0 Å². The fourth-order valence-corrected chi connectivity index (χ4v) is 1.54. The van der Waals surface area contributed by atoms with Gasteiger partial charge in [0.1, 0.15) is 5.16 Å². The molecule has 12 heavy (non-hydrogen) atoms. The molecule has 0 saturated carbocycles. The van der Waals surface area contributed by atoms with E-state index >= 15 is 0 Å². The summed E-state index contributed by atoms with van der Waals surface area (Å²) in [4.78, 5) is 4.13. The summed E-state index contributed by atoms with van der Waals surface area (Å²) < 4.78 is 0. The largest absolute Gasteiger partial charge is 0.370 e. The minimum Gasteiger partial charge on any atom is -0.370 e. The van der Waals surface area contributed by atoms with Gasteiger partial charge in [-0.15, -0.1) is 0 Å². The number of nitrogens with one attached hydrogen (secondary N) is 2. The van der Waals surface area contributed by atoms with Crippen molar-refractivity contribution >= 4 is 23.8 Å². The lowest BCUT2D eigenvalue weighted by atomic mass is 10.1. The van der Waals surface area contributed by atoms with Crippen molar-refractivity contribution in [3.8, 4) is 0 Å². The molecule has 2 heterocycles. The molecule has 2 aliphatic heterocycles. The first-order valence-electron chi connectivity index (χ1n) is 3.45. The van der Waals surface area contributed by atoms with Crippen LogP contribution in [0.2, 0.25) is 0 Å². The van der Waals surface area contributed by atoms with Gasteiger partial charge in [0.25, 0.3) is 0 Å². The van der Waals surface area contributed by atoms with Gasteiger partial charge in [-0.1, -0.05) is 11.6 Å². The molecule has 0 fully saturated rings. The minimum atomic E-state index is -0.591. The molecule has 1 unspecified atom stereocenters. The van der Waals surface area contributed by atoms with E-state index in [1.165, 1.54) is 0 Å². The fraction of sp³-hybridized carbons (Fsp3) is 0.333. The lowest BCUT2D eigenvalue weighted by Gasteiger charge is -2.26. The van der Waals surface area contributed by atoms with Crippen molar-refractivity contribution in [2.45, 2.75) is 12.6 Å². The second-order valence-corrected chi connectivity index (χ2v) is 3.17. The minimum absolute atomic E-state index is 0.296. The molecule has 0 spiro atoms. The predicted molar refractivity (Wildman–Crippen MR) is 47.7 cm³/mol. The monoisotopic (exact) mass is 185 g/mol. The van der Waals surface area contributed by atoms with E-state index in [0.29, 0.717) is 11.1 Å². The summed E-state index contributed by atoms with van der Waals surface area (Å²) in [6, 6.07) is 0. The molecule has 2 rings (SSSR count). The lowest BCUT2D eigenvalue weighted by Crippen LogP contribution is -2.46. The van der Waals surface area contributed by atoms with Crippen molar-refractivity contribution in [2.75, 3.05) is 0 Å². The van der Waals surface area contributed by atoms with Crippen LogP contribution in [0.25, 0.3) is 0 Å². The van der Waals surface area contributed by atoms with E-state index in [1.54, 1.807) is 6.21 Å². The first-order valence-corrected chi connectivity index (χ1v) is 3.82. The number of fused-ring (bicyclic) bond motifs is 1. The number of hydrogen-bond donors (Lipinski definition) is 3. The number of hydrogen-bond acceptors (Lipinski definition) is 5. The van der Waals surface area contributed by atoms with E-state index < -0.39 is 5.66 Å². The van der Waals surface area contributed by atoms with Crippen molar-refractivity contribution in [2.24, 2.45) is 15.8 Å². The Labute approximate surface area is 74.4 Å². The molecule has 6 heteroatoms. The summed E-state index contributed by atoms with van der Waals surface area (Å²) >= 11 is 5.88. The number of halogens is 1. The lowest BCUT2D eigenvalue weighted by molar-refractivity contribution is 0.473. The number of hydrazone groups is 1. The summed E-state index contributed by atoms with van der Waals surface area (Å²) in [5.74, 6) is 0.296. The second kappa shape index (κ2) is 2.13. The third-order valence-corrected chi connectivity index (χ3v) is 2.12. The third kappa shape index (κ3) is 0.863. The van der Waals surface area contributed by atoms with E-state index in [9.17, 15) is 0 Å². The average molecular weight is 186 g/mol. The maximum Gasteiger partial charge on any atom is 0.196 e. The quantitative estimate of drug-likeness (QED) is 0.452. The summed E-state index contributed by atoms with van der Waals surface area (Å²) in [5, 5.41) is 7.05. The summed E-state index contributed by atoms with van der Waals surface area (Å²) in [6.07, 6.45) is 1.63. The first kappa shape index (κ1) is 7.42. The topological polar surface area (TPSA) is 74.8 Å². The molecule has 5 nitrogen and oxygen atoms in total. The molecule has 0 aromatic carbocycles. The van der Waals surface area contributed by atoms with Crippen molar-refractivity contribution in [1.29, 1.82) is 0 Å². The first-order chi connectivity index (χ1) is 5.62. The van der Waals surface area contributed by atoms with Crippen LogP contribution in [0.4, 0.5) is 0 Å². The van der Waals surface area contributed by atoms with Crippen LogP contribution in [0.5, 0.6) is 0 Å². The Bertz CT molecular complexity index is 318. The molecule has 2 aliphatic rings. The van der Waals surface area contributed by atoms with E-state index in [1.807, 2.05) is 6.92 Å². The van der Waals surface area contributed by atoms with Crippen molar-refractivity contribution in [3.05, 3.63) is 10.7 Å². The number of nitrogens with two attached hydrogens (primary N) is 1. The zero-order valence-electron chi connectivity index (χ0n) is 6.43. The summed E-state index contributed by atoms with van der Waals surface area (Å²) in [7, 11) is 0. The molecule has 0 aliphatic carbocycles. The Kier molecular flexibility index (Phi) is 1.32. The van der Waals surface area contributed by atoms with Crippen LogP contribution in [-0.2, 0) is 0 Å². The number of rotatable bonds is 0. The van der Waals surface area contributed by atoms with E-state index in [-0.39, 0.29) is 0 Å². The van der Waals surface area contributed by atoms with Gasteiger partial charge in [-0.25, -0.2) is 4.99 Å². The van der Waals surface area contributed by atoms with E-state index in [2.05, 4.69) is 20.8 Å². The average Bonchev–Trinajstić information content (AvgIpc) is 2.29. The molecule has 0 amide bonds. The molecular weight excluding hydrogens is 178 g/mol. The van der Waals surface area contributed by atoms with Crippen molar-refractivity contribution in [3.63, 3.8) is 0 Å². The van der Waals surface area contributed by atoms with Crippen LogP contribution in [0.15, 0.2) is 20.8 Å². The zero-order valence-corrected chi connectivity index (χ0v) is 7.18. The Hall–Kier alpha value is -1.23. The molecule has 1 atom stereocenters. The highest BCUT2D eigenvalue weighted by Crippen LogP contribution is 2.27. The maximum absolute atomic E-state index is 5.88. The zero-order chi connectivity index (χ0) is 8.77. The highest BCUT2D eigenvalue weighted by molar-refractivity contribution is 6.32. The Balaban J connectivity index is 2.48. The molecule has 0 radical (unpaired) electrons. The number of aliphatic imine (C=N–C) groups is 1. The van der Waals surface area contributed by atoms with Crippen molar-refractivity contribution in [1.82, 2.24) is 10.7 Å². The van der Waals surface area contributed by atoms with Crippen LogP contribution in [0.1, 0.15) is 6.92 Å². The van der Waals surface area contributed by atoms with Crippen LogP contribution in [0.3, 0.4) is 0 Å². The standard InChI is InChI=1S/C6H8ClN5/c1-6-3(2-9-12-6)4(7)10-5(8)11-6/h2,12H,1H3,(H3,8,10,11). The van der Waals surface area contributed by atoms with Crippen LogP contribution >= 0.6 is 11.6 Å². The fourth-order valence-electron chi connectivity index (χ4n) is 1.21. The highest BCUT2D eigenvalue weighted by Gasteiger charge is 2.36. The molecule has 0 aromatic rings. The molecule has 0 saturated heterocycles.